The van der Waals surface area contributed by atoms with Gasteiger partial charge in [-0.25, -0.2) is 4.98 Å². The third kappa shape index (κ3) is 4.70. The van der Waals surface area contributed by atoms with Crippen molar-refractivity contribution in [2.45, 2.75) is 5.41 Å². The maximum absolute atomic E-state index is 5.25. The molecule has 1 spiro atoms. The number of rotatable bonds is 4. The highest BCUT2D eigenvalue weighted by atomic mass is 32.1. The fourth-order valence-corrected chi connectivity index (χ4v) is 10.4. The standard InChI is InChI=1S/C52H32N4S/c1-3-15-33(16-4-1)49-53-50(34-17-5-2-6-18-34)55-51(54-49)56-45-24-12-10-22-42(45)52(43-23-11-13-25-46(43)56)41-21-9-7-19-37(41)38-29-27-35(31-44(38)52)36-28-30-40-39-20-8-14-26-47(39)57-48(40)32-36/h1-32H. The van der Waals surface area contributed by atoms with Crippen molar-refractivity contribution in [1.82, 2.24) is 15.0 Å². The molecular formula is C52H32N4S. The van der Waals surface area contributed by atoms with Gasteiger partial charge in [0.2, 0.25) is 5.95 Å². The Bertz CT molecular complexity index is 3100. The van der Waals surface area contributed by atoms with Crippen molar-refractivity contribution in [3.05, 3.63) is 216 Å². The van der Waals surface area contributed by atoms with Gasteiger partial charge in [0.1, 0.15) is 0 Å². The smallest absolute Gasteiger partial charge is 0.238 e. The Morgan fingerprint density at radius 2 is 0.895 bits per heavy atom. The molecule has 57 heavy (non-hydrogen) atoms. The lowest BCUT2D eigenvalue weighted by molar-refractivity contribution is 0.749. The largest absolute Gasteiger partial charge is 0.278 e. The van der Waals surface area contributed by atoms with E-state index in [0.29, 0.717) is 17.6 Å². The Kier molecular flexibility index (Phi) is 6.98. The van der Waals surface area contributed by atoms with Crippen LogP contribution >= 0.6 is 11.3 Å². The van der Waals surface area contributed by atoms with Crippen LogP contribution in [0.4, 0.5) is 17.3 Å². The molecule has 1 aliphatic heterocycles. The zero-order chi connectivity index (χ0) is 37.5. The summed E-state index contributed by atoms with van der Waals surface area (Å²) in [6.45, 7) is 0. The van der Waals surface area contributed by atoms with E-state index < -0.39 is 5.41 Å². The van der Waals surface area contributed by atoms with Crippen molar-refractivity contribution < 1.29 is 0 Å². The first-order valence-corrected chi connectivity index (χ1v) is 20.1. The highest BCUT2D eigenvalue weighted by molar-refractivity contribution is 7.25. The number of hydrogen-bond acceptors (Lipinski definition) is 5. The summed E-state index contributed by atoms with van der Waals surface area (Å²) in [5.41, 5.74) is 13.2. The molecule has 0 unspecified atom stereocenters. The fourth-order valence-electron chi connectivity index (χ4n) is 9.30. The number of thiophene rings is 1. The summed E-state index contributed by atoms with van der Waals surface area (Å²) in [5.74, 6) is 1.84. The van der Waals surface area contributed by atoms with E-state index in [9.17, 15) is 0 Å². The summed E-state index contributed by atoms with van der Waals surface area (Å²) < 4.78 is 2.62. The van der Waals surface area contributed by atoms with E-state index in [-0.39, 0.29) is 0 Å². The topological polar surface area (TPSA) is 41.9 Å². The monoisotopic (exact) mass is 744 g/mol. The molecule has 10 aromatic rings. The molecule has 266 valence electrons. The van der Waals surface area contributed by atoms with Gasteiger partial charge < -0.3 is 0 Å². The molecule has 8 aromatic carbocycles. The van der Waals surface area contributed by atoms with Gasteiger partial charge in [0, 0.05) is 31.3 Å². The lowest BCUT2D eigenvalue weighted by Gasteiger charge is -2.44. The SMILES string of the molecule is c1ccc(-c2nc(-c3ccccc3)nc(N3c4ccccc4C4(c5ccccc5-c5ccc(-c6ccc7c(c6)sc6ccccc67)cc54)c4ccccc43)n2)cc1. The molecule has 0 N–H and O–H groups in total. The maximum Gasteiger partial charge on any atom is 0.238 e. The first kappa shape index (κ1) is 32.1. The Hall–Kier alpha value is -7.21. The second kappa shape index (κ2) is 12.4. The number of nitrogens with zero attached hydrogens (tertiary/aromatic N) is 4. The molecule has 2 aromatic heterocycles. The van der Waals surface area contributed by atoms with Gasteiger partial charge in [-0.15, -0.1) is 11.3 Å². The van der Waals surface area contributed by atoms with Crippen LogP contribution in [0.1, 0.15) is 22.3 Å². The van der Waals surface area contributed by atoms with Crippen LogP contribution < -0.4 is 4.90 Å². The number of fused-ring (bicyclic) bond motifs is 12. The number of hydrogen-bond donors (Lipinski definition) is 0. The Balaban J connectivity index is 1.11. The summed E-state index contributed by atoms with van der Waals surface area (Å²) in [4.78, 5) is 17.8. The number of benzene rings is 8. The van der Waals surface area contributed by atoms with Crippen LogP contribution in [0.25, 0.3) is 65.2 Å². The molecule has 5 heteroatoms. The lowest BCUT2D eigenvalue weighted by atomic mass is 9.64. The van der Waals surface area contributed by atoms with Gasteiger partial charge >= 0.3 is 0 Å². The van der Waals surface area contributed by atoms with Gasteiger partial charge in [-0.05, 0) is 74.8 Å². The molecule has 0 atom stereocenters. The number of anilines is 3. The van der Waals surface area contributed by atoms with Gasteiger partial charge in [-0.3, -0.25) is 4.90 Å². The quantitative estimate of drug-likeness (QED) is 0.180. The molecule has 2 aliphatic rings. The molecule has 1 aliphatic carbocycles. The number of para-hydroxylation sites is 2. The van der Waals surface area contributed by atoms with Crippen molar-refractivity contribution in [1.29, 1.82) is 0 Å². The molecule has 0 saturated carbocycles. The second-order valence-corrected chi connectivity index (χ2v) is 15.8. The molecule has 0 radical (unpaired) electrons. The van der Waals surface area contributed by atoms with Crippen LogP contribution in [-0.2, 0) is 5.41 Å². The zero-order valence-corrected chi connectivity index (χ0v) is 31.5. The van der Waals surface area contributed by atoms with Gasteiger partial charge in [-0.1, -0.05) is 164 Å². The van der Waals surface area contributed by atoms with E-state index in [0.717, 1.165) is 22.5 Å². The van der Waals surface area contributed by atoms with E-state index in [1.165, 1.54) is 64.7 Å². The molecule has 0 bridgehead atoms. The van der Waals surface area contributed by atoms with Crippen LogP contribution in [0.15, 0.2) is 194 Å². The summed E-state index contributed by atoms with van der Waals surface area (Å²) in [7, 11) is 0. The van der Waals surface area contributed by atoms with E-state index in [1.807, 2.05) is 47.7 Å². The van der Waals surface area contributed by atoms with Crippen LogP contribution in [0.5, 0.6) is 0 Å². The zero-order valence-electron chi connectivity index (χ0n) is 30.7. The molecule has 0 saturated heterocycles. The van der Waals surface area contributed by atoms with Crippen molar-refractivity contribution >= 4 is 48.8 Å². The summed E-state index contributed by atoms with van der Waals surface area (Å²) in [6, 6.07) is 69.8. The highest BCUT2D eigenvalue weighted by Crippen LogP contribution is 2.63. The van der Waals surface area contributed by atoms with Crippen LogP contribution in [0, 0.1) is 0 Å². The van der Waals surface area contributed by atoms with Gasteiger partial charge in [0.25, 0.3) is 0 Å². The van der Waals surface area contributed by atoms with Crippen molar-refractivity contribution in [3.63, 3.8) is 0 Å². The summed E-state index contributed by atoms with van der Waals surface area (Å²) in [6.07, 6.45) is 0. The second-order valence-electron chi connectivity index (χ2n) is 14.7. The molecule has 12 rings (SSSR count). The average molecular weight is 745 g/mol. The minimum atomic E-state index is -0.592. The first-order chi connectivity index (χ1) is 28.3. The minimum Gasteiger partial charge on any atom is -0.278 e. The minimum absolute atomic E-state index is 0.578. The normalized spacial score (nSPS) is 13.4. The van der Waals surface area contributed by atoms with E-state index in [4.69, 9.17) is 15.0 Å². The first-order valence-electron chi connectivity index (χ1n) is 19.3. The Morgan fingerprint density at radius 3 is 1.60 bits per heavy atom. The van der Waals surface area contributed by atoms with Crippen LogP contribution in [0.3, 0.4) is 0 Å². The van der Waals surface area contributed by atoms with E-state index in [2.05, 4.69) is 163 Å². The van der Waals surface area contributed by atoms with Gasteiger partial charge in [-0.2, -0.15) is 9.97 Å². The molecule has 3 heterocycles. The third-order valence-electron chi connectivity index (χ3n) is 11.7. The molecule has 0 fully saturated rings. The average Bonchev–Trinajstić information content (AvgIpc) is 3.80. The third-order valence-corrected chi connectivity index (χ3v) is 12.9. The van der Waals surface area contributed by atoms with Crippen molar-refractivity contribution in [2.75, 3.05) is 4.90 Å². The fraction of sp³-hybridized carbons (Fsp3) is 0.0192. The summed E-state index contributed by atoms with van der Waals surface area (Å²) >= 11 is 1.86. The summed E-state index contributed by atoms with van der Waals surface area (Å²) in [5, 5.41) is 2.63. The van der Waals surface area contributed by atoms with E-state index >= 15 is 0 Å². The van der Waals surface area contributed by atoms with E-state index in [1.54, 1.807) is 0 Å². The van der Waals surface area contributed by atoms with Crippen molar-refractivity contribution in [2.24, 2.45) is 0 Å². The number of aromatic nitrogens is 3. The van der Waals surface area contributed by atoms with Crippen molar-refractivity contribution in [3.8, 4) is 45.0 Å². The van der Waals surface area contributed by atoms with Gasteiger partial charge in [0.05, 0.1) is 16.8 Å². The Morgan fingerprint density at radius 1 is 0.368 bits per heavy atom. The predicted molar refractivity (Wildman–Crippen MR) is 235 cm³/mol. The lowest BCUT2D eigenvalue weighted by Crippen LogP contribution is -2.36. The highest BCUT2D eigenvalue weighted by Gasteiger charge is 2.52. The van der Waals surface area contributed by atoms with Crippen LogP contribution in [-0.4, -0.2) is 15.0 Å². The predicted octanol–water partition coefficient (Wildman–Crippen LogP) is 13.4. The molecule has 0 amide bonds. The molecule has 4 nitrogen and oxygen atoms in total. The Labute approximate surface area is 334 Å². The van der Waals surface area contributed by atoms with Gasteiger partial charge in [0.15, 0.2) is 11.6 Å². The molecular weight excluding hydrogens is 713 g/mol. The maximum atomic E-state index is 5.25. The van der Waals surface area contributed by atoms with Crippen LogP contribution in [0.2, 0.25) is 0 Å².